The van der Waals surface area contributed by atoms with E-state index in [1.165, 1.54) is 21.9 Å². The zero-order valence-electron chi connectivity index (χ0n) is 16.7. The molecule has 2 aromatic carbocycles. The van der Waals surface area contributed by atoms with E-state index >= 15 is 0 Å². The van der Waals surface area contributed by atoms with Crippen molar-refractivity contribution < 1.29 is 9.59 Å². The Hall–Kier alpha value is -3.09. The highest BCUT2D eigenvalue weighted by Gasteiger charge is 2.43. The molecule has 5 nitrogen and oxygen atoms in total. The lowest BCUT2D eigenvalue weighted by Gasteiger charge is -2.37. The van der Waals surface area contributed by atoms with E-state index in [9.17, 15) is 9.59 Å². The second-order valence-corrected chi connectivity index (χ2v) is 8.82. The van der Waals surface area contributed by atoms with Crippen molar-refractivity contribution in [3.8, 4) is 0 Å². The summed E-state index contributed by atoms with van der Waals surface area (Å²) in [6.07, 6.45) is 0. The molecule has 0 saturated carbocycles. The molecule has 3 aromatic rings. The fraction of sp³-hybridized carbons (Fsp3) is 0.167. The smallest absolute Gasteiger partial charge is 0.282 e. The maximum absolute atomic E-state index is 13.5. The lowest BCUT2D eigenvalue weighted by Crippen LogP contribution is -2.47. The number of nitrogens with zero attached hydrogens (tertiary/aromatic N) is 3. The molecule has 0 spiro atoms. The molecular formula is C24H20ClN3O2S. The van der Waals surface area contributed by atoms with Crippen LogP contribution in [0.1, 0.15) is 4.88 Å². The molecule has 2 amide bonds. The number of rotatable bonds is 4. The van der Waals surface area contributed by atoms with Gasteiger partial charge in [-0.25, -0.2) is 4.90 Å². The lowest BCUT2D eigenvalue weighted by molar-refractivity contribution is -0.120. The Balaban J connectivity index is 1.48. The van der Waals surface area contributed by atoms with Crippen LogP contribution in [-0.2, 0) is 9.59 Å². The first-order valence-electron chi connectivity index (χ1n) is 10.1. The molecule has 31 heavy (non-hydrogen) atoms. The lowest BCUT2D eigenvalue weighted by atomic mass is 10.1. The minimum absolute atomic E-state index is 0.288. The van der Waals surface area contributed by atoms with Crippen LogP contribution in [-0.4, -0.2) is 42.9 Å². The Morgan fingerprint density at radius 3 is 2.13 bits per heavy atom. The van der Waals surface area contributed by atoms with Crippen LogP contribution in [0.5, 0.6) is 0 Å². The van der Waals surface area contributed by atoms with E-state index in [4.69, 9.17) is 11.6 Å². The number of para-hydroxylation sites is 1. The van der Waals surface area contributed by atoms with Crippen molar-refractivity contribution in [3.63, 3.8) is 0 Å². The molecule has 0 aliphatic carbocycles. The van der Waals surface area contributed by atoms with Gasteiger partial charge >= 0.3 is 0 Å². The van der Waals surface area contributed by atoms with Gasteiger partial charge in [-0.3, -0.25) is 9.59 Å². The van der Waals surface area contributed by atoms with Crippen molar-refractivity contribution >= 4 is 51.7 Å². The standard InChI is InChI=1S/C24H20ClN3O2S/c25-17-6-4-9-19(16-17)28-23(29)21(20-10-5-15-31-20)22(24(28)30)27-13-11-26(12-14-27)18-7-2-1-3-8-18/h1-10,15-16H,11-14H2. The van der Waals surface area contributed by atoms with Crippen LogP contribution < -0.4 is 9.80 Å². The highest BCUT2D eigenvalue weighted by molar-refractivity contribution is 7.11. The molecule has 0 bridgehead atoms. The summed E-state index contributed by atoms with van der Waals surface area (Å²) in [4.78, 5) is 33.4. The van der Waals surface area contributed by atoms with E-state index in [-0.39, 0.29) is 11.8 Å². The molecule has 156 valence electrons. The third kappa shape index (κ3) is 3.62. The number of carbonyl (C=O) groups is 2. The number of thiophene rings is 1. The number of imide groups is 1. The van der Waals surface area contributed by atoms with Gasteiger partial charge in [0.05, 0.1) is 11.3 Å². The van der Waals surface area contributed by atoms with E-state index in [0.29, 0.717) is 35.1 Å². The van der Waals surface area contributed by atoms with Crippen molar-refractivity contribution in [2.45, 2.75) is 0 Å². The number of anilines is 2. The highest BCUT2D eigenvalue weighted by Crippen LogP contribution is 2.37. The van der Waals surface area contributed by atoms with Gasteiger partial charge in [-0.1, -0.05) is 41.9 Å². The fourth-order valence-electron chi connectivity index (χ4n) is 4.13. The molecule has 5 rings (SSSR count). The van der Waals surface area contributed by atoms with Crippen LogP contribution in [0.4, 0.5) is 11.4 Å². The molecular weight excluding hydrogens is 430 g/mol. The van der Waals surface area contributed by atoms with E-state index in [0.717, 1.165) is 18.0 Å². The first kappa shape index (κ1) is 19.8. The number of carbonyl (C=O) groups excluding carboxylic acids is 2. The van der Waals surface area contributed by atoms with Crippen LogP contribution in [0, 0.1) is 0 Å². The Kier molecular flexibility index (Phi) is 5.26. The summed E-state index contributed by atoms with van der Waals surface area (Å²) in [6, 6.07) is 20.9. The molecule has 1 aromatic heterocycles. The van der Waals surface area contributed by atoms with Gasteiger partial charge < -0.3 is 9.80 Å². The van der Waals surface area contributed by atoms with Gasteiger partial charge in [-0.15, -0.1) is 11.3 Å². The van der Waals surface area contributed by atoms with Gasteiger partial charge in [0.2, 0.25) is 0 Å². The van der Waals surface area contributed by atoms with Crippen molar-refractivity contribution in [2.75, 3.05) is 36.0 Å². The van der Waals surface area contributed by atoms with Crippen molar-refractivity contribution in [1.82, 2.24) is 4.90 Å². The number of halogens is 1. The van der Waals surface area contributed by atoms with E-state index in [2.05, 4.69) is 21.9 Å². The average molecular weight is 450 g/mol. The molecule has 0 N–H and O–H groups in total. The summed E-state index contributed by atoms with van der Waals surface area (Å²) in [6.45, 7) is 2.90. The molecule has 0 radical (unpaired) electrons. The molecule has 0 unspecified atom stereocenters. The van der Waals surface area contributed by atoms with Crippen molar-refractivity contribution in [2.24, 2.45) is 0 Å². The molecule has 3 heterocycles. The van der Waals surface area contributed by atoms with Crippen LogP contribution in [0.25, 0.3) is 5.57 Å². The van der Waals surface area contributed by atoms with E-state index < -0.39 is 0 Å². The summed E-state index contributed by atoms with van der Waals surface area (Å²) in [5.41, 5.74) is 2.63. The molecule has 1 fully saturated rings. The normalized spacial score (nSPS) is 17.1. The molecule has 7 heteroatoms. The summed E-state index contributed by atoms with van der Waals surface area (Å²) >= 11 is 7.61. The number of hydrogen-bond acceptors (Lipinski definition) is 5. The molecule has 2 aliphatic heterocycles. The van der Waals surface area contributed by atoms with Crippen LogP contribution >= 0.6 is 22.9 Å². The van der Waals surface area contributed by atoms with Crippen LogP contribution in [0.3, 0.4) is 0 Å². The largest absolute Gasteiger partial charge is 0.368 e. The van der Waals surface area contributed by atoms with Gasteiger partial charge in [0.15, 0.2) is 0 Å². The van der Waals surface area contributed by atoms with Crippen LogP contribution in [0.15, 0.2) is 77.8 Å². The van der Waals surface area contributed by atoms with Gasteiger partial charge in [-0.05, 0) is 41.8 Å². The Bertz CT molecular complexity index is 1150. The van der Waals surface area contributed by atoms with Gasteiger partial charge in [0.25, 0.3) is 11.8 Å². The van der Waals surface area contributed by atoms with Crippen LogP contribution in [0.2, 0.25) is 5.02 Å². The third-order valence-corrected chi connectivity index (χ3v) is 6.73. The summed E-state index contributed by atoms with van der Waals surface area (Å²) in [5, 5.41) is 2.41. The molecule has 2 aliphatic rings. The number of hydrogen-bond donors (Lipinski definition) is 0. The molecule has 1 saturated heterocycles. The minimum Gasteiger partial charge on any atom is -0.368 e. The first-order chi connectivity index (χ1) is 15.1. The summed E-state index contributed by atoms with van der Waals surface area (Å²) in [5.74, 6) is -0.584. The summed E-state index contributed by atoms with van der Waals surface area (Å²) < 4.78 is 0. The van der Waals surface area contributed by atoms with Gasteiger partial charge in [-0.2, -0.15) is 0 Å². The topological polar surface area (TPSA) is 43.9 Å². The quantitative estimate of drug-likeness (QED) is 0.550. The Morgan fingerprint density at radius 2 is 1.45 bits per heavy atom. The minimum atomic E-state index is -0.296. The predicted molar refractivity (Wildman–Crippen MR) is 125 cm³/mol. The fourth-order valence-corrected chi connectivity index (χ4v) is 5.08. The second-order valence-electron chi connectivity index (χ2n) is 7.44. The monoisotopic (exact) mass is 449 g/mol. The van der Waals surface area contributed by atoms with E-state index in [1.807, 2.05) is 35.7 Å². The second kappa shape index (κ2) is 8.21. The number of amides is 2. The predicted octanol–water partition coefficient (Wildman–Crippen LogP) is 4.51. The maximum atomic E-state index is 13.5. The van der Waals surface area contributed by atoms with Gasteiger partial charge in [0.1, 0.15) is 5.70 Å². The van der Waals surface area contributed by atoms with Gasteiger partial charge in [0, 0.05) is 41.8 Å². The van der Waals surface area contributed by atoms with E-state index in [1.54, 1.807) is 24.3 Å². The zero-order chi connectivity index (χ0) is 21.4. The van der Waals surface area contributed by atoms with Crippen molar-refractivity contribution in [3.05, 3.63) is 87.7 Å². The Labute approximate surface area is 189 Å². The first-order valence-corrected chi connectivity index (χ1v) is 11.4. The molecule has 0 atom stereocenters. The average Bonchev–Trinajstić information content (AvgIpc) is 3.40. The SMILES string of the molecule is O=C1C(c2cccs2)=C(N2CCN(c3ccccc3)CC2)C(=O)N1c1cccc(Cl)c1. The Morgan fingerprint density at radius 1 is 0.742 bits per heavy atom. The highest BCUT2D eigenvalue weighted by atomic mass is 35.5. The number of benzene rings is 2. The summed E-state index contributed by atoms with van der Waals surface area (Å²) in [7, 11) is 0. The zero-order valence-corrected chi connectivity index (χ0v) is 18.3. The third-order valence-electron chi connectivity index (χ3n) is 5.61. The number of piperazine rings is 1. The maximum Gasteiger partial charge on any atom is 0.282 e. The van der Waals surface area contributed by atoms with Crippen molar-refractivity contribution in [1.29, 1.82) is 0 Å².